The summed E-state index contributed by atoms with van der Waals surface area (Å²) in [6, 6.07) is 15.8. The van der Waals surface area contributed by atoms with Crippen LogP contribution in [0.3, 0.4) is 0 Å². The van der Waals surface area contributed by atoms with Gasteiger partial charge in [0.1, 0.15) is 24.2 Å². The van der Waals surface area contributed by atoms with Crippen molar-refractivity contribution < 1.29 is 19.7 Å². The Morgan fingerprint density at radius 3 is 2.80 bits per heavy atom. The number of aliphatic hydroxyl groups excluding tert-OH is 1. The zero-order valence-electron chi connectivity index (χ0n) is 21.6. The molecule has 0 aliphatic heterocycles. The first-order valence-electron chi connectivity index (χ1n) is 12.3. The van der Waals surface area contributed by atoms with Crippen molar-refractivity contribution in [2.75, 3.05) is 37.4 Å². The number of benzene rings is 2. The first-order valence-corrected chi connectivity index (χ1v) is 12.7. The number of likely N-dealkylation sites (N-methyl/N-ethyl adjacent to an activating group) is 1. The molecule has 0 aliphatic rings. The third-order valence-electron chi connectivity index (χ3n) is 5.83. The van der Waals surface area contributed by atoms with Crippen LogP contribution < -0.4 is 15.4 Å². The Bertz CT molecular complexity index is 1570. The second-order valence-electron chi connectivity index (χ2n) is 8.80. The highest BCUT2D eigenvalue weighted by Gasteiger charge is 2.15. The fourth-order valence-electron chi connectivity index (χ4n) is 3.80. The number of phenols is 1. The summed E-state index contributed by atoms with van der Waals surface area (Å²) in [6.45, 7) is 1.23. The molecule has 204 valence electrons. The highest BCUT2D eigenvalue weighted by molar-refractivity contribution is 6.32. The van der Waals surface area contributed by atoms with E-state index in [0.717, 1.165) is 5.69 Å². The van der Waals surface area contributed by atoms with E-state index in [-0.39, 0.29) is 30.2 Å². The van der Waals surface area contributed by atoms with E-state index in [1.165, 1.54) is 18.3 Å². The van der Waals surface area contributed by atoms with Gasteiger partial charge in [-0.25, -0.2) is 0 Å². The minimum atomic E-state index is -0.445. The van der Waals surface area contributed by atoms with Crippen molar-refractivity contribution in [1.29, 1.82) is 5.26 Å². The van der Waals surface area contributed by atoms with Crippen molar-refractivity contribution in [3.63, 3.8) is 0 Å². The summed E-state index contributed by atoms with van der Waals surface area (Å²) < 4.78 is 5.79. The molecule has 2 heterocycles. The molecule has 0 spiro atoms. The number of pyridine rings is 2. The van der Waals surface area contributed by atoms with Crippen LogP contribution in [-0.4, -0.2) is 57.7 Å². The second kappa shape index (κ2) is 13.4. The SMILES string of the molecule is CN(C/C=C/C(=O)Nc1cc2c(Nc3ccc(OCc4ccccn4)c(Cl)c3)c(C#N)cnc2cc1O)CCO. The summed E-state index contributed by atoms with van der Waals surface area (Å²) in [7, 11) is 1.82. The normalized spacial score (nSPS) is 11.1. The minimum Gasteiger partial charge on any atom is -0.506 e. The Kier molecular flexibility index (Phi) is 9.48. The molecule has 0 saturated carbocycles. The molecule has 0 aliphatic carbocycles. The van der Waals surface area contributed by atoms with Crippen LogP contribution >= 0.6 is 11.6 Å². The van der Waals surface area contributed by atoms with E-state index < -0.39 is 5.91 Å². The smallest absolute Gasteiger partial charge is 0.248 e. The molecule has 11 heteroatoms. The molecule has 40 heavy (non-hydrogen) atoms. The third kappa shape index (κ3) is 7.24. The van der Waals surface area contributed by atoms with Crippen LogP contribution in [0.4, 0.5) is 17.1 Å². The number of aromatic nitrogens is 2. The number of hydrogen-bond acceptors (Lipinski definition) is 9. The molecule has 4 aromatic rings. The lowest BCUT2D eigenvalue weighted by Crippen LogP contribution is -2.22. The number of anilines is 3. The van der Waals surface area contributed by atoms with Crippen LogP contribution in [0, 0.1) is 11.3 Å². The van der Waals surface area contributed by atoms with E-state index in [2.05, 4.69) is 26.7 Å². The summed E-state index contributed by atoms with van der Waals surface area (Å²) in [5, 5.41) is 36.0. The van der Waals surface area contributed by atoms with Crippen molar-refractivity contribution in [3.05, 3.63) is 89.4 Å². The van der Waals surface area contributed by atoms with Gasteiger partial charge in [0.25, 0.3) is 0 Å². The summed E-state index contributed by atoms with van der Waals surface area (Å²) >= 11 is 6.47. The molecule has 0 saturated heterocycles. The van der Waals surface area contributed by atoms with Crippen molar-refractivity contribution in [2.45, 2.75) is 6.61 Å². The number of carbonyl (C=O) groups is 1. The van der Waals surface area contributed by atoms with Crippen molar-refractivity contribution in [2.24, 2.45) is 0 Å². The van der Waals surface area contributed by atoms with Crippen molar-refractivity contribution in [1.82, 2.24) is 14.9 Å². The molecule has 0 fully saturated rings. The number of aliphatic hydroxyl groups is 1. The summed E-state index contributed by atoms with van der Waals surface area (Å²) in [6.07, 6.45) is 6.09. The van der Waals surface area contributed by atoms with Gasteiger partial charge in [-0.15, -0.1) is 0 Å². The number of carbonyl (C=O) groups excluding carboxylic acids is 1. The lowest BCUT2D eigenvalue weighted by molar-refractivity contribution is -0.111. The molecule has 2 aromatic carbocycles. The largest absolute Gasteiger partial charge is 0.506 e. The molecule has 4 rings (SSSR count). The maximum atomic E-state index is 12.5. The lowest BCUT2D eigenvalue weighted by Gasteiger charge is -2.15. The second-order valence-corrected chi connectivity index (χ2v) is 9.21. The fourth-order valence-corrected chi connectivity index (χ4v) is 4.03. The number of aromatic hydroxyl groups is 1. The number of ether oxygens (including phenoxy) is 1. The number of fused-ring (bicyclic) bond motifs is 1. The molecular formula is C29H27ClN6O4. The third-order valence-corrected chi connectivity index (χ3v) is 6.13. The highest BCUT2D eigenvalue weighted by atomic mass is 35.5. The van der Waals surface area contributed by atoms with E-state index in [9.17, 15) is 15.2 Å². The quantitative estimate of drug-likeness (QED) is 0.153. The van der Waals surface area contributed by atoms with Gasteiger partial charge < -0.3 is 30.5 Å². The van der Waals surface area contributed by atoms with Gasteiger partial charge in [0.05, 0.1) is 39.8 Å². The molecule has 4 N–H and O–H groups in total. The van der Waals surface area contributed by atoms with Gasteiger partial charge in [-0.3, -0.25) is 14.8 Å². The van der Waals surface area contributed by atoms with Crippen molar-refractivity contribution in [3.8, 4) is 17.6 Å². The Hall–Kier alpha value is -4.69. The summed E-state index contributed by atoms with van der Waals surface area (Å²) in [5.41, 5.74) is 2.61. The predicted octanol–water partition coefficient (Wildman–Crippen LogP) is 4.60. The first-order chi connectivity index (χ1) is 19.4. The van der Waals surface area contributed by atoms with E-state index >= 15 is 0 Å². The average Bonchev–Trinajstić information content (AvgIpc) is 2.94. The topological polar surface area (TPSA) is 144 Å². The molecule has 10 nitrogen and oxygen atoms in total. The Morgan fingerprint density at radius 2 is 2.08 bits per heavy atom. The highest BCUT2D eigenvalue weighted by Crippen LogP contribution is 2.36. The van der Waals surface area contributed by atoms with E-state index in [1.807, 2.05) is 30.1 Å². The number of halogens is 1. The monoisotopic (exact) mass is 558 g/mol. The Labute approximate surface area is 236 Å². The fraction of sp³-hybridized carbons (Fsp3) is 0.172. The number of nitriles is 1. The van der Waals surface area contributed by atoms with Gasteiger partial charge >= 0.3 is 0 Å². The summed E-state index contributed by atoms with van der Waals surface area (Å²) in [4.78, 5) is 22.8. The van der Waals surface area contributed by atoms with Crippen LogP contribution in [0.2, 0.25) is 5.02 Å². The van der Waals surface area contributed by atoms with E-state index in [4.69, 9.17) is 21.4 Å². The van der Waals surface area contributed by atoms with Gasteiger partial charge in [0.2, 0.25) is 5.91 Å². The zero-order valence-corrected chi connectivity index (χ0v) is 22.4. The predicted molar refractivity (Wildman–Crippen MR) is 154 cm³/mol. The van der Waals surface area contributed by atoms with Gasteiger partial charge in [-0.05, 0) is 43.4 Å². The molecular weight excluding hydrogens is 532 g/mol. The Balaban J connectivity index is 1.56. The molecule has 1 amide bonds. The molecule has 2 aromatic heterocycles. The number of amides is 1. The van der Waals surface area contributed by atoms with Crippen molar-refractivity contribution >= 4 is 45.5 Å². The molecule has 0 unspecified atom stereocenters. The number of phenolic OH excluding ortho intramolecular Hbond substituents is 1. The molecule has 0 bridgehead atoms. The van der Waals surface area contributed by atoms with Crippen LogP contribution in [0.1, 0.15) is 11.3 Å². The molecule has 0 atom stereocenters. The summed E-state index contributed by atoms with van der Waals surface area (Å²) in [5.74, 6) is -0.144. The van der Waals surface area contributed by atoms with Gasteiger partial charge in [0.15, 0.2) is 0 Å². The number of nitrogens with zero attached hydrogens (tertiary/aromatic N) is 4. The Morgan fingerprint density at radius 1 is 1.23 bits per heavy atom. The lowest BCUT2D eigenvalue weighted by atomic mass is 10.1. The van der Waals surface area contributed by atoms with Gasteiger partial charge in [-0.1, -0.05) is 23.7 Å². The number of rotatable bonds is 11. The number of hydrogen-bond donors (Lipinski definition) is 4. The van der Waals surface area contributed by atoms with Gasteiger partial charge in [0, 0.05) is 48.7 Å². The zero-order chi connectivity index (χ0) is 28.5. The van der Waals surface area contributed by atoms with Gasteiger partial charge in [-0.2, -0.15) is 5.26 Å². The van der Waals surface area contributed by atoms with Crippen LogP contribution in [-0.2, 0) is 11.4 Å². The maximum Gasteiger partial charge on any atom is 0.248 e. The maximum absolute atomic E-state index is 12.5. The average molecular weight is 559 g/mol. The van der Waals surface area contributed by atoms with Crippen LogP contribution in [0.5, 0.6) is 11.5 Å². The first kappa shape index (κ1) is 28.3. The van der Waals surface area contributed by atoms with E-state index in [1.54, 1.807) is 36.5 Å². The molecule has 0 radical (unpaired) electrons. The standard InChI is InChI=1S/C29H27ClN6O4/c1-36(11-12-37)10-4-6-28(39)35-25-14-22-24(15-26(25)38)33-17-19(16-31)29(22)34-20-7-8-27(23(30)13-20)40-18-21-5-2-3-9-32-21/h2-9,13-15,17,37-38H,10-12,18H2,1H3,(H,33,34)(H,35,39)/b6-4+. The minimum absolute atomic E-state index is 0.0205. The number of nitrogens with one attached hydrogen (secondary N) is 2. The van der Waals surface area contributed by atoms with Crippen LogP contribution in [0.25, 0.3) is 10.9 Å². The van der Waals surface area contributed by atoms with E-state index in [0.29, 0.717) is 46.1 Å². The van der Waals surface area contributed by atoms with Crippen LogP contribution in [0.15, 0.2) is 73.1 Å².